The third-order valence-corrected chi connectivity index (χ3v) is 6.52. The summed E-state index contributed by atoms with van der Waals surface area (Å²) in [5.41, 5.74) is 9.84. The largest absolute Gasteiger partial charge is 0.458 e. The Morgan fingerprint density at radius 2 is 1.97 bits per heavy atom. The fourth-order valence-corrected chi connectivity index (χ4v) is 4.85. The van der Waals surface area contributed by atoms with Crippen LogP contribution in [0, 0.1) is 5.41 Å². The molecule has 0 saturated carbocycles. The number of benzene rings is 3. The molecule has 1 aliphatic rings. The van der Waals surface area contributed by atoms with Crippen LogP contribution in [0.15, 0.2) is 71.4 Å². The number of nitrogens with zero attached hydrogens (tertiary/aromatic N) is 1. The van der Waals surface area contributed by atoms with Crippen LogP contribution >= 0.6 is 11.3 Å². The van der Waals surface area contributed by atoms with E-state index in [0.717, 1.165) is 39.1 Å². The Morgan fingerprint density at radius 3 is 2.74 bits per heavy atom. The topological polar surface area (TPSA) is 88.4 Å². The van der Waals surface area contributed by atoms with Crippen LogP contribution in [0.5, 0.6) is 11.5 Å². The van der Waals surface area contributed by atoms with Crippen LogP contribution in [0.1, 0.15) is 23.6 Å². The summed E-state index contributed by atoms with van der Waals surface area (Å²) in [7, 11) is 0. The molecular formula is C27H24N3O3S+. The number of nitrogens with one attached hydrogen (secondary N) is 1. The number of esters is 1. The van der Waals surface area contributed by atoms with Crippen molar-refractivity contribution < 1.29 is 18.8 Å². The Labute approximate surface area is 201 Å². The number of amidine groups is 1. The second kappa shape index (κ2) is 9.11. The lowest BCUT2D eigenvalue weighted by Gasteiger charge is -2.11. The Morgan fingerprint density at radius 1 is 1.12 bits per heavy atom. The first-order valence-electron chi connectivity index (χ1n) is 11.0. The van der Waals surface area contributed by atoms with Gasteiger partial charge in [-0.05, 0) is 41.3 Å². The summed E-state index contributed by atoms with van der Waals surface area (Å²) in [6.45, 7) is 2.56. The average molecular weight is 471 g/mol. The molecule has 2 heterocycles. The second-order valence-electron chi connectivity index (χ2n) is 8.05. The molecule has 170 valence electrons. The van der Waals surface area contributed by atoms with E-state index in [9.17, 15) is 4.79 Å². The normalized spacial score (nSPS) is 12.6. The average Bonchev–Trinajstić information content (AvgIpc) is 3.47. The summed E-state index contributed by atoms with van der Waals surface area (Å²) < 4.78 is 13.5. The molecule has 0 unspecified atom stereocenters. The number of nitrogens with two attached hydrogens (primary N) is 1. The molecule has 0 aliphatic carbocycles. The fourth-order valence-electron chi connectivity index (χ4n) is 4.30. The van der Waals surface area contributed by atoms with Crippen molar-refractivity contribution >= 4 is 45.3 Å². The van der Waals surface area contributed by atoms with Crippen molar-refractivity contribution in [1.82, 2.24) is 0 Å². The molecule has 3 N–H and O–H groups in total. The van der Waals surface area contributed by atoms with Crippen LogP contribution in [-0.4, -0.2) is 28.7 Å². The van der Waals surface area contributed by atoms with Gasteiger partial charge in [0.2, 0.25) is 5.69 Å². The van der Waals surface area contributed by atoms with Gasteiger partial charge in [-0.3, -0.25) is 5.41 Å². The molecule has 5 rings (SSSR count). The van der Waals surface area contributed by atoms with Crippen LogP contribution in [0.3, 0.4) is 0 Å². The van der Waals surface area contributed by atoms with E-state index in [0.29, 0.717) is 30.8 Å². The number of fused-ring (bicyclic) bond motifs is 2. The van der Waals surface area contributed by atoms with Crippen molar-refractivity contribution in [2.75, 3.05) is 6.61 Å². The highest BCUT2D eigenvalue weighted by atomic mass is 32.1. The van der Waals surface area contributed by atoms with E-state index < -0.39 is 0 Å². The molecule has 0 fully saturated rings. The van der Waals surface area contributed by atoms with Gasteiger partial charge in [0.15, 0.2) is 6.54 Å². The molecule has 0 spiro atoms. The van der Waals surface area contributed by atoms with Gasteiger partial charge >= 0.3 is 5.97 Å². The quantitative estimate of drug-likeness (QED) is 0.164. The molecule has 3 aromatic carbocycles. The minimum absolute atomic E-state index is 0.0102. The van der Waals surface area contributed by atoms with Crippen molar-refractivity contribution in [3.63, 3.8) is 0 Å². The van der Waals surface area contributed by atoms with Gasteiger partial charge in [0.05, 0.1) is 13.0 Å². The summed E-state index contributed by atoms with van der Waals surface area (Å²) in [6.07, 6.45) is 0.468. The third-order valence-electron chi connectivity index (χ3n) is 5.86. The lowest BCUT2D eigenvalue weighted by molar-refractivity contribution is -0.454. The second-order valence-corrected chi connectivity index (χ2v) is 8.83. The first-order valence-corrected chi connectivity index (χ1v) is 12.0. The highest BCUT2D eigenvalue weighted by Crippen LogP contribution is 2.34. The maximum absolute atomic E-state index is 12.9. The van der Waals surface area contributed by atoms with Crippen LogP contribution in [0.4, 0.5) is 5.69 Å². The Hall–Kier alpha value is -3.97. The Bertz CT molecular complexity index is 1440. The van der Waals surface area contributed by atoms with Crippen LogP contribution in [-0.2, 0) is 22.5 Å². The predicted octanol–water partition coefficient (Wildman–Crippen LogP) is 5.38. The van der Waals surface area contributed by atoms with Crippen molar-refractivity contribution in [3.05, 3.63) is 88.1 Å². The highest BCUT2D eigenvalue weighted by Gasteiger charge is 2.36. The monoisotopic (exact) mass is 470 g/mol. The van der Waals surface area contributed by atoms with Crippen molar-refractivity contribution in [3.8, 4) is 11.5 Å². The van der Waals surface area contributed by atoms with Crippen molar-refractivity contribution in [2.24, 2.45) is 5.73 Å². The fraction of sp³-hybridized carbons (Fsp3) is 0.148. The lowest BCUT2D eigenvalue weighted by Crippen LogP contribution is -2.25. The van der Waals surface area contributed by atoms with Gasteiger partial charge in [0, 0.05) is 28.1 Å². The minimum Gasteiger partial charge on any atom is -0.458 e. The zero-order chi connectivity index (χ0) is 23.7. The molecule has 1 aromatic heterocycles. The summed E-state index contributed by atoms with van der Waals surface area (Å²) in [5.74, 6) is 1.19. The van der Waals surface area contributed by atoms with Gasteiger partial charge in [0.25, 0.3) is 5.71 Å². The molecule has 6 nitrogen and oxygen atoms in total. The Kier molecular flexibility index (Phi) is 5.86. The zero-order valence-corrected chi connectivity index (χ0v) is 19.5. The minimum atomic E-state index is -0.335. The van der Waals surface area contributed by atoms with Crippen LogP contribution in [0.2, 0.25) is 0 Å². The van der Waals surface area contributed by atoms with Crippen LogP contribution in [0.25, 0.3) is 10.8 Å². The Balaban J connectivity index is 1.63. The molecule has 1 aliphatic heterocycles. The van der Waals surface area contributed by atoms with E-state index in [1.165, 1.54) is 0 Å². The molecule has 0 saturated heterocycles. The molecule has 7 heteroatoms. The first kappa shape index (κ1) is 21.9. The maximum atomic E-state index is 12.9. The molecule has 0 radical (unpaired) electrons. The number of hydrogen-bond donors (Lipinski definition) is 2. The first-order chi connectivity index (χ1) is 16.5. The van der Waals surface area contributed by atoms with Crippen molar-refractivity contribution in [1.29, 1.82) is 5.41 Å². The van der Waals surface area contributed by atoms with E-state index in [2.05, 4.69) is 12.1 Å². The van der Waals surface area contributed by atoms with Gasteiger partial charge in [-0.2, -0.15) is 4.58 Å². The summed E-state index contributed by atoms with van der Waals surface area (Å²) in [4.78, 5) is 12.9. The number of thiophene rings is 1. The number of nitrogen functional groups attached to an aromatic ring is 1. The maximum Gasteiger partial charge on any atom is 0.399 e. The number of hydrogen-bond acceptors (Lipinski definition) is 5. The van der Waals surface area contributed by atoms with Gasteiger partial charge in [-0.1, -0.05) is 36.4 Å². The summed E-state index contributed by atoms with van der Waals surface area (Å²) in [5, 5.41) is 13.9. The third kappa shape index (κ3) is 4.18. The molecule has 4 aromatic rings. The highest BCUT2D eigenvalue weighted by molar-refractivity contribution is 7.08. The smallest absolute Gasteiger partial charge is 0.399 e. The number of carbonyl (C=O) groups is 1. The number of ether oxygens (including phenoxy) is 2. The van der Waals surface area contributed by atoms with E-state index in [1.807, 2.05) is 63.9 Å². The van der Waals surface area contributed by atoms with Gasteiger partial charge < -0.3 is 15.2 Å². The van der Waals surface area contributed by atoms with Gasteiger partial charge in [0.1, 0.15) is 17.3 Å². The number of carbonyl (C=O) groups excluding carboxylic acids is 1. The van der Waals surface area contributed by atoms with Crippen LogP contribution < -0.4 is 10.5 Å². The van der Waals surface area contributed by atoms with Gasteiger partial charge in [-0.25, -0.2) is 4.79 Å². The predicted molar refractivity (Wildman–Crippen MR) is 135 cm³/mol. The standard InChI is InChI=1S/C27H24N3O3S/c1-2-32-27(31)25-13-18-7-8-19(26(28)29)14-24(18)30(25)15-20-12-22(33-21-9-10-34-16-21)11-17-5-3-4-6-23(17)20/h3-12,14,16H,2,13,15H2,1H3,(H3,28,29)/q+1. The SMILES string of the molecule is CCOC(=O)C1=[N+](Cc2cc(Oc3ccsc3)cc3ccccc23)c2cc(C(=N)N)ccc2C1. The molecule has 34 heavy (non-hydrogen) atoms. The lowest BCUT2D eigenvalue weighted by atomic mass is 10.0. The molecule has 0 atom stereocenters. The summed E-state index contributed by atoms with van der Waals surface area (Å²) >= 11 is 1.58. The van der Waals surface area contributed by atoms with E-state index >= 15 is 0 Å². The molecular weight excluding hydrogens is 446 g/mol. The van der Waals surface area contributed by atoms with E-state index in [1.54, 1.807) is 18.3 Å². The van der Waals surface area contributed by atoms with E-state index in [-0.39, 0.29) is 11.8 Å². The molecule has 0 amide bonds. The van der Waals surface area contributed by atoms with Crippen molar-refractivity contribution in [2.45, 2.75) is 19.9 Å². The van der Waals surface area contributed by atoms with E-state index in [4.69, 9.17) is 20.6 Å². The number of rotatable bonds is 7. The van der Waals surface area contributed by atoms with Gasteiger partial charge in [-0.15, -0.1) is 11.3 Å². The molecule has 0 bridgehead atoms. The zero-order valence-electron chi connectivity index (χ0n) is 18.7. The summed E-state index contributed by atoms with van der Waals surface area (Å²) in [6, 6.07) is 19.7.